The fourth-order valence-corrected chi connectivity index (χ4v) is 3.56. The maximum absolute atomic E-state index is 12.2. The summed E-state index contributed by atoms with van der Waals surface area (Å²) in [6.45, 7) is 4.72. The number of carbonyl (C=O) groups is 1. The van der Waals surface area contributed by atoms with Gasteiger partial charge in [-0.3, -0.25) is 4.79 Å². The van der Waals surface area contributed by atoms with Crippen LogP contribution in [0, 0.1) is 0 Å². The van der Waals surface area contributed by atoms with Gasteiger partial charge in [0.25, 0.3) is 5.91 Å². The first-order valence-electron chi connectivity index (χ1n) is 8.68. The summed E-state index contributed by atoms with van der Waals surface area (Å²) in [6.07, 6.45) is 0. The van der Waals surface area contributed by atoms with Crippen molar-refractivity contribution in [2.75, 3.05) is 12.9 Å². The molecule has 0 aliphatic carbocycles. The third-order valence-electron chi connectivity index (χ3n) is 4.10. The average molecular weight is 382 g/mol. The third-order valence-corrected chi connectivity index (χ3v) is 5.08. The van der Waals surface area contributed by atoms with Crippen LogP contribution in [0.4, 0.5) is 0 Å². The fraction of sp³-hybridized carbons (Fsp3) is 0.250. The van der Waals surface area contributed by atoms with Gasteiger partial charge in [-0.1, -0.05) is 36.0 Å². The number of benzene rings is 2. The lowest BCUT2D eigenvalue weighted by atomic mass is 10.1. The number of ether oxygens (including phenoxy) is 1. The first-order valence-corrected chi connectivity index (χ1v) is 9.66. The van der Waals surface area contributed by atoms with Crippen molar-refractivity contribution in [1.29, 1.82) is 0 Å². The molecule has 7 heteroatoms. The van der Waals surface area contributed by atoms with Crippen molar-refractivity contribution in [3.05, 3.63) is 54.1 Å². The molecule has 0 radical (unpaired) electrons. The smallest absolute Gasteiger partial charge is 0.250 e. The van der Waals surface area contributed by atoms with Gasteiger partial charge in [-0.15, -0.1) is 0 Å². The van der Waals surface area contributed by atoms with E-state index in [4.69, 9.17) is 4.74 Å². The third kappa shape index (κ3) is 4.49. The van der Waals surface area contributed by atoms with Crippen molar-refractivity contribution in [1.82, 2.24) is 15.0 Å². The summed E-state index contributed by atoms with van der Waals surface area (Å²) in [4.78, 5) is 16.8. The van der Waals surface area contributed by atoms with Gasteiger partial charge in [-0.2, -0.15) is 5.10 Å². The Kier molecular flexibility index (Phi) is 6.13. The number of fused-ring (bicyclic) bond motifs is 1. The molecule has 0 unspecified atom stereocenters. The number of methoxy groups -OCH3 is 1. The Bertz CT molecular complexity index is 981. The number of imidazole rings is 1. The second-order valence-corrected chi connectivity index (χ2v) is 6.82. The van der Waals surface area contributed by atoms with E-state index in [1.54, 1.807) is 7.11 Å². The van der Waals surface area contributed by atoms with Crippen LogP contribution in [0.5, 0.6) is 5.75 Å². The Morgan fingerprint density at radius 3 is 2.85 bits per heavy atom. The van der Waals surface area contributed by atoms with Gasteiger partial charge in [-0.25, -0.2) is 10.4 Å². The lowest BCUT2D eigenvalue weighted by Gasteiger charge is -2.06. The number of rotatable bonds is 7. The predicted molar refractivity (Wildman–Crippen MR) is 109 cm³/mol. The van der Waals surface area contributed by atoms with Crippen LogP contribution in [-0.2, 0) is 11.3 Å². The summed E-state index contributed by atoms with van der Waals surface area (Å²) in [6, 6.07) is 15.5. The molecule has 1 N–H and O–H groups in total. The van der Waals surface area contributed by atoms with Gasteiger partial charge < -0.3 is 9.30 Å². The van der Waals surface area contributed by atoms with Crippen LogP contribution in [0.3, 0.4) is 0 Å². The summed E-state index contributed by atoms with van der Waals surface area (Å²) in [5.41, 5.74) is 6.24. The topological polar surface area (TPSA) is 68.5 Å². The Hall–Kier alpha value is -2.80. The molecule has 3 aromatic rings. The second-order valence-electron chi connectivity index (χ2n) is 5.88. The van der Waals surface area contributed by atoms with E-state index in [9.17, 15) is 4.79 Å². The number of hydrogen-bond acceptors (Lipinski definition) is 5. The maximum atomic E-state index is 12.2. The zero-order chi connectivity index (χ0) is 19.2. The predicted octanol–water partition coefficient (Wildman–Crippen LogP) is 3.70. The summed E-state index contributed by atoms with van der Waals surface area (Å²) in [5.74, 6) is 0.831. The number of nitrogens with one attached hydrogen (secondary N) is 1. The molecule has 0 spiro atoms. The molecule has 0 fully saturated rings. The molecule has 140 valence electrons. The van der Waals surface area contributed by atoms with Crippen LogP contribution in [0.25, 0.3) is 11.0 Å². The number of amides is 1. The zero-order valence-corrected chi connectivity index (χ0v) is 16.4. The molecule has 1 heterocycles. The monoisotopic (exact) mass is 382 g/mol. The molecule has 27 heavy (non-hydrogen) atoms. The molecule has 0 aliphatic rings. The molecule has 2 aromatic carbocycles. The Morgan fingerprint density at radius 1 is 1.26 bits per heavy atom. The van der Waals surface area contributed by atoms with Crippen molar-refractivity contribution < 1.29 is 9.53 Å². The van der Waals surface area contributed by atoms with Crippen molar-refractivity contribution in [2.45, 2.75) is 25.5 Å². The average Bonchev–Trinajstić information content (AvgIpc) is 3.07. The molecular formula is C20H22N4O2S. The van der Waals surface area contributed by atoms with Crippen molar-refractivity contribution in [2.24, 2.45) is 5.10 Å². The van der Waals surface area contributed by atoms with E-state index in [1.165, 1.54) is 11.8 Å². The first-order chi connectivity index (χ1) is 13.1. The van der Waals surface area contributed by atoms with E-state index >= 15 is 0 Å². The van der Waals surface area contributed by atoms with E-state index in [2.05, 4.69) is 27.0 Å². The normalized spacial score (nSPS) is 11.6. The van der Waals surface area contributed by atoms with Crippen LogP contribution >= 0.6 is 11.8 Å². The van der Waals surface area contributed by atoms with Gasteiger partial charge in [0.15, 0.2) is 5.16 Å². The molecule has 0 atom stereocenters. The van der Waals surface area contributed by atoms with Crippen LogP contribution in [0.1, 0.15) is 19.4 Å². The summed E-state index contributed by atoms with van der Waals surface area (Å²) in [7, 11) is 1.62. The lowest BCUT2D eigenvalue weighted by molar-refractivity contribution is -0.118. The van der Waals surface area contributed by atoms with Crippen LogP contribution < -0.4 is 10.2 Å². The summed E-state index contributed by atoms with van der Waals surface area (Å²) >= 11 is 1.41. The Balaban J connectivity index is 1.63. The highest BCUT2D eigenvalue weighted by Gasteiger charge is 2.11. The van der Waals surface area contributed by atoms with E-state index in [-0.39, 0.29) is 11.7 Å². The highest BCUT2D eigenvalue weighted by molar-refractivity contribution is 7.99. The maximum Gasteiger partial charge on any atom is 0.250 e. The van der Waals surface area contributed by atoms with Gasteiger partial charge in [0.05, 0.1) is 29.6 Å². The number of hydrogen-bond donors (Lipinski definition) is 1. The number of para-hydroxylation sites is 2. The van der Waals surface area contributed by atoms with Gasteiger partial charge >= 0.3 is 0 Å². The quantitative estimate of drug-likeness (QED) is 0.384. The zero-order valence-electron chi connectivity index (χ0n) is 15.6. The minimum atomic E-state index is -0.169. The largest absolute Gasteiger partial charge is 0.497 e. The number of thioether (sulfide) groups is 1. The molecular weight excluding hydrogens is 360 g/mol. The molecule has 0 saturated heterocycles. The number of aromatic nitrogens is 2. The molecule has 0 saturated carbocycles. The Labute approximate surface area is 162 Å². The lowest BCUT2D eigenvalue weighted by Crippen LogP contribution is -2.21. The van der Waals surface area contributed by atoms with E-state index < -0.39 is 0 Å². The fourth-order valence-electron chi connectivity index (χ4n) is 2.69. The standard InChI is InChI=1S/C20H22N4O2S/c1-4-24-18-11-6-5-10-17(18)21-20(24)27-13-19(25)23-22-14(2)15-8-7-9-16(12-15)26-3/h5-12H,4,13H2,1-3H3,(H,23,25)/b22-14+. The molecule has 0 aliphatic heterocycles. The van der Waals surface area contributed by atoms with Crippen LogP contribution in [-0.4, -0.2) is 34.0 Å². The van der Waals surface area contributed by atoms with E-state index in [0.717, 1.165) is 34.0 Å². The summed E-state index contributed by atoms with van der Waals surface area (Å²) < 4.78 is 7.32. The number of aryl methyl sites for hydroxylation is 1. The van der Waals surface area contributed by atoms with E-state index in [0.29, 0.717) is 5.71 Å². The number of nitrogens with zero attached hydrogens (tertiary/aromatic N) is 3. The molecule has 1 amide bonds. The van der Waals surface area contributed by atoms with E-state index in [1.807, 2.05) is 55.5 Å². The second kappa shape index (κ2) is 8.73. The first kappa shape index (κ1) is 19.0. The molecule has 3 rings (SSSR count). The highest BCUT2D eigenvalue weighted by atomic mass is 32.2. The van der Waals surface area contributed by atoms with Gasteiger partial charge in [0, 0.05) is 12.1 Å². The van der Waals surface area contributed by atoms with Crippen molar-refractivity contribution in [3.8, 4) is 5.75 Å². The minimum absolute atomic E-state index is 0.169. The van der Waals surface area contributed by atoms with Crippen LogP contribution in [0.2, 0.25) is 0 Å². The highest BCUT2D eigenvalue weighted by Crippen LogP contribution is 2.23. The molecule has 1 aromatic heterocycles. The molecule has 0 bridgehead atoms. The SMILES string of the molecule is CCn1c(SCC(=O)N/N=C(\C)c2cccc(OC)c2)nc2ccccc21. The minimum Gasteiger partial charge on any atom is -0.497 e. The van der Waals surface area contributed by atoms with Crippen molar-refractivity contribution >= 4 is 34.4 Å². The van der Waals surface area contributed by atoms with Gasteiger partial charge in [0.2, 0.25) is 0 Å². The van der Waals surface area contributed by atoms with Crippen LogP contribution in [0.15, 0.2) is 58.8 Å². The van der Waals surface area contributed by atoms with Crippen molar-refractivity contribution in [3.63, 3.8) is 0 Å². The van der Waals surface area contributed by atoms with Gasteiger partial charge in [0.1, 0.15) is 5.75 Å². The molecule has 6 nitrogen and oxygen atoms in total. The summed E-state index contributed by atoms with van der Waals surface area (Å²) in [5, 5.41) is 5.02. The number of carbonyl (C=O) groups excluding carboxylic acids is 1. The number of hydrazone groups is 1. The Morgan fingerprint density at radius 2 is 2.07 bits per heavy atom. The van der Waals surface area contributed by atoms with Gasteiger partial charge in [-0.05, 0) is 38.1 Å².